The fourth-order valence-electron chi connectivity index (χ4n) is 1.93. The molecule has 0 aliphatic heterocycles. The van der Waals surface area contributed by atoms with Gasteiger partial charge in [0.25, 0.3) is 0 Å². The molecule has 2 heterocycles. The first-order valence-corrected chi connectivity index (χ1v) is 5.88. The number of methoxy groups -OCH3 is 1. The minimum absolute atomic E-state index is 0.0780. The summed E-state index contributed by atoms with van der Waals surface area (Å²) < 4.78 is 7.03. The second-order valence-corrected chi connectivity index (χ2v) is 4.06. The third-order valence-electron chi connectivity index (χ3n) is 2.86. The number of aryl methyl sites for hydroxylation is 1. The number of aromatic nitrogens is 3. The smallest absolute Gasteiger partial charge is 0.156 e. The molecule has 0 aromatic carbocycles. The average Bonchev–Trinajstić information content (AvgIpc) is 2.77. The van der Waals surface area contributed by atoms with Gasteiger partial charge in [0.05, 0.1) is 25.1 Å². The molecule has 0 bridgehead atoms. The highest BCUT2D eigenvalue weighted by molar-refractivity contribution is 5.86. The molecule has 0 radical (unpaired) electrons. The standard InChI is InChI=1S/C12H18N4O2/c1-15-9-14-11-10(15)3-4-13-12(11)16(5-7-17)6-8-18-2/h3-4,9,17H,5-8H2,1-2H3. The minimum Gasteiger partial charge on any atom is -0.395 e. The number of hydrogen-bond donors (Lipinski definition) is 1. The zero-order valence-electron chi connectivity index (χ0n) is 10.7. The molecule has 0 saturated carbocycles. The highest BCUT2D eigenvalue weighted by atomic mass is 16.5. The van der Waals surface area contributed by atoms with Crippen molar-refractivity contribution < 1.29 is 9.84 Å². The maximum absolute atomic E-state index is 9.14. The van der Waals surface area contributed by atoms with E-state index in [0.29, 0.717) is 19.7 Å². The Kier molecular flexibility index (Phi) is 4.11. The lowest BCUT2D eigenvalue weighted by molar-refractivity contribution is 0.202. The van der Waals surface area contributed by atoms with Crippen molar-refractivity contribution in [3.8, 4) is 0 Å². The van der Waals surface area contributed by atoms with Gasteiger partial charge in [0.15, 0.2) is 5.82 Å². The van der Waals surface area contributed by atoms with Crippen LogP contribution in [0.15, 0.2) is 18.6 Å². The van der Waals surface area contributed by atoms with Crippen molar-refractivity contribution in [2.45, 2.75) is 0 Å². The predicted octanol–water partition coefficient (Wildman–Crippen LogP) is 0.413. The maximum Gasteiger partial charge on any atom is 0.156 e. The van der Waals surface area contributed by atoms with E-state index in [4.69, 9.17) is 9.84 Å². The summed E-state index contributed by atoms with van der Waals surface area (Å²) in [5, 5.41) is 9.14. The summed E-state index contributed by atoms with van der Waals surface area (Å²) in [6.07, 6.45) is 3.53. The number of hydrogen-bond acceptors (Lipinski definition) is 5. The molecule has 0 atom stereocenters. The molecular weight excluding hydrogens is 232 g/mol. The van der Waals surface area contributed by atoms with Crippen LogP contribution in [-0.4, -0.2) is 53.1 Å². The van der Waals surface area contributed by atoms with Crippen LogP contribution in [-0.2, 0) is 11.8 Å². The fraction of sp³-hybridized carbons (Fsp3) is 0.500. The van der Waals surface area contributed by atoms with Gasteiger partial charge in [0.2, 0.25) is 0 Å². The molecule has 6 nitrogen and oxygen atoms in total. The van der Waals surface area contributed by atoms with Crippen LogP contribution in [0, 0.1) is 0 Å². The molecule has 0 amide bonds. The Morgan fingerprint density at radius 2 is 2.22 bits per heavy atom. The predicted molar refractivity (Wildman–Crippen MR) is 69.7 cm³/mol. The van der Waals surface area contributed by atoms with E-state index >= 15 is 0 Å². The second-order valence-electron chi connectivity index (χ2n) is 4.06. The lowest BCUT2D eigenvalue weighted by Crippen LogP contribution is -2.31. The SMILES string of the molecule is COCCN(CCO)c1nccc2c1ncn2C. The number of imidazole rings is 1. The molecule has 2 aromatic heterocycles. The van der Waals surface area contributed by atoms with Crippen LogP contribution < -0.4 is 4.90 Å². The molecule has 2 rings (SSSR count). The van der Waals surface area contributed by atoms with Crippen LogP contribution >= 0.6 is 0 Å². The monoisotopic (exact) mass is 250 g/mol. The molecule has 6 heteroatoms. The van der Waals surface area contributed by atoms with E-state index in [1.165, 1.54) is 0 Å². The number of anilines is 1. The van der Waals surface area contributed by atoms with Crippen LogP contribution in [0.25, 0.3) is 11.0 Å². The summed E-state index contributed by atoms with van der Waals surface area (Å²) in [5.74, 6) is 0.791. The van der Waals surface area contributed by atoms with Gasteiger partial charge < -0.3 is 19.3 Å². The Bertz CT molecular complexity index is 512. The van der Waals surface area contributed by atoms with Crippen molar-refractivity contribution in [2.24, 2.45) is 7.05 Å². The molecule has 0 fully saturated rings. The molecule has 0 unspecified atom stereocenters. The summed E-state index contributed by atoms with van der Waals surface area (Å²) in [6.45, 7) is 1.87. The second kappa shape index (κ2) is 5.79. The van der Waals surface area contributed by atoms with E-state index in [1.54, 1.807) is 19.6 Å². The van der Waals surface area contributed by atoms with Gasteiger partial charge in [0, 0.05) is 33.4 Å². The van der Waals surface area contributed by atoms with Crippen molar-refractivity contribution >= 4 is 16.9 Å². The van der Waals surface area contributed by atoms with Gasteiger partial charge >= 0.3 is 0 Å². The normalized spacial score (nSPS) is 11.1. The lowest BCUT2D eigenvalue weighted by atomic mass is 10.3. The van der Waals surface area contributed by atoms with Gasteiger partial charge in [-0.2, -0.15) is 0 Å². The van der Waals surface area contributed by atoms with E-state index in [1.807, 2.05) is 22.6 Å². The van der Waals surface area contributed by atoms with E-state index in [9.17, 15) is 0 Å². The fourth-order valence-corrected chi connectivity index (χ4v) is 1.93. The molecule has 2 aromatic rings. The number of nitrogens with zero attached hydrogens (tertiary/aromatic N) is 4. The first-order chi connectivity index (χ1) is 8.77. The van der Waals surface area contributed by atoms with E-state index in [2.05, 4.69) is 9.97 Å². The third kappa shape index (κ3) is 2.44. The third-order valence-corrected chi connectivity index (χ3v) is 2.86. The Morgan fingerprint density at radius 3 is 2.94 bits per heavy atom. The number of aliphatic hydroxyl groups is 1. The van der Waals surface area contributed by atoms with Gasteiger partial charge in [-0.15, -0.1) is 0 Å². The van der Waals surface area contributed by atoms with Gasteiger partial charge in [-0.1, -0.05) is 0 Å². The van der Waals surface area contributed by atoms with Gasteiger partial charge in [0.1, 0.15) is 5.52 Å². The summed E-state index contributed by atoms with van der Waals surface area (Å²) in [6, 6.07) is 1.93. The molecule has 18 heavy (non-hydrogen) atoms. The van der Waals surface area contributed by atoms with E-state index in [0.717, 1.165) is 16.9 Å². The molecule has 98 valence electrons. The van der Waals surface area contributed by atoms with Crippen LogP contribution in [0.3, 0.4) is 0 Å². The zero-order chi connectivity index (χ0) is 13.0. The number of aliphatic hydroxyl groups excluding tert-OH is 1. The summed E-state index contributed by atoms with van der Waals surface area (Å²) in [4.78, 5) is 10.7. The summed E-state index contributed by atoms with van der Waals surface area (Å²) >= 11 is 0. The molecule has 0 aliphatic carbocycles. The highest BCUT2D eigenvalue weighted by Crippen LogP contribution is 2.22. The Labute approximate surface area is 106 Å². The lowest BCUT2D eigenvalue weighted by Gasteiger charge is -2.22. The van der Waals surface area contributed by atoms with Crippen molar-refractivity contribution in [1.29, 1.82) is 0 Å². The Hall–Kier alpha value is -1.66. The minimum atomic E-state index is 0.0780. The van der Waals surface area contributed by atoms with Gasteiger partial charge in [-0.25, -0.2) is 9.97 Å². The quantitative estimate of drug-likeness (QED) is 0.804. The van der Waals surface area contributed by atoms with Crippen molar-refractivity contribution in [2.75, 3.05) is 38.3 Å². The van der Waals surface area contributed by atoms with E-state index in [-0.39, 0.29) is 6.61 Å². The topological polar surface area (TPSA) is 63.4 Å². The number of ether oxygens (including phenoxy) is 1. The maximum atomic E-state index is 9.14. The van der Waals surface area contributed by atoms with Crippen molar-refractivity contribution in [3.05, 3.63) is 18.6 Å². The van der Waals surface area contributed by atoms with E-state index < -0.39 is 0 Å². The van der Waals surface area contributed by atoms with Crippen molar-refractivity contribution in [3.63, 3.8) is 0 Å². The van der Waals surface area contributed by atoms with Gasteiger partial charge in [-0.05, 0) is 6.07 Å². The molecule has 1 N–H and O–H groups in total. The Balaban J connectivity index is 2.36. The average molecular weight is 250 g/mol. The molecule has 0 saturated heterocycles. The first kappa shape index (κ1) is 12.8. The summed E-state index contributed by atoms with van der Waals surface area (Å²) in [5.41, 5.74) is 1.88. The first-order valence-electron chi connectivity index (χ1n) is 5.88. The summed E-state index contributed by atoms with van der Waals surface area (Å²) in [7, 11) is 3.61. The largest absolute Gasteiger partial charge is 0.395 e. The molecule has 0 aliphatic rings. The highest BCUT2D eigenvalue weighted by Gasteiger charge is 2.13. The number of pyridine rings is 1. The Morgan fingerprint density at radius 1 is 1.39 bits per heavy atom. The van der Waals surface area contributed by atoms with Crippen LogP contribution in [0.1, 0.15) is 0 Å². The number of rotatable bonds is 6. The van der Waals surface area contributed by atoms with Crippen LogP contribution in [0.5, 0.6) is 0 Å². The molecule has 0 spiro atoms. The zero-order valence-corrected chi connectivity index (χ0v) is 10.7. The van der Waals surface area contributed by atoms with Gasteiger partial charge in [-0.3, -0.25) is 0 Å². The van der Waals surface area contributed by atoms with Crippen LogP contribution in [0.2, 0.25) is 0 Å². The van der Waals surface area contributed by atoms with Crippen molar-refractivity contribution in [1.82, 2.24) is 14.5 Å². The van der Waals surface area contributed by atoms with Crippen LogP contribution in [0.4, 0.5) is 5.82 Å². The molecular formula is C12H18N4O2. The number of fused-ring (bicyclic) bond motifs is 1.